The van der Waals surface area contributed by atoms with Gasteiger partial charge >= 0.3 is 12.1 Å². The van der Waals surface area contributed by atoms with E-state index in [1.807, 2.05) is 39.0 Å². The lowest BCUT2D eigenvalue weighted by Gasteiger charge is -2.40. The molecule has 2 aromatic carbocycles. The minimum absolute atomic E-state index is 0.134. The quantitative estimate of drug-likeness (QED) is 0.0991. The number of carbonyl (C=O) groups excluding carboxylic acids is 2. The normalized spacial score (nSPS) is 18.1. The molecule has 6 aromatic rings. The van der Waals surface area contributed by atoms with E-state index in [9.17, 15) is 38.1 Å². The number of aryl methyl sites for hydroxylation is 2. The maximum absolute atomic E-state index is 14.7. The minimum Gasteiger partial charge on any atom is -0.393 e. The van der Waals surface area contributed by atoms with Crippen LogP contribution in [0.4, 0.5) is 44.7 Å². The van der Waals surface area contributed by atoms with Gasteiger partial charge in [-0.05, 0) is 76.1 Å². The van der Waals surface area contributed by atoms with Gasteiger partial charge in [-0.1, -0.05) is 28.7 Å². The van der Waals surface area contributed by atoms with Gasteiger partial charge in [-0.2, -0.15) is 0 Å². The third-order valence-corrected chi connectivity index (χ3v) is 12.9. The largest absolute Gasteiger partial charge is 0.393 e. The first-order valence-electron chi connectivity index (χ1n) is 20.5. The summed E-state index contributed by atoms with van der Waals surface area (Å²) in [6.45, 7) is 10.6. The predicted octanol–water partition coefficient (Wildman–Crippen LogP) is 6.34. The third-order valence-electron chi connectivity index (χ3n) is 11.1. The van der Waals surface area contributed by atoms with Crippen molar-refractivity contribution in [1.29, 1.82) is 0 Å². The number of nitrogens with one attached hydrogen (secondary N) is 2. The van der Waals surface area contributed by atoms with Gasteiger partial charge in [-0.3, -0.25) is 10.6 Å². The van der Waals surface area contributed by atoms with E-state index in [1.54, 1.807) is 32.6 Å². The van der Waals surface area contributed by atoms with Crippen LogP contribution in [0.2, 0.25) is 0 Å². The number of nitrogens with zero attached hydrogens (tertiary/aromatic N) is 8. The fourth-order valence-electron chi connectivity index (χ4n) is 7.49. The Morgan fingerprint density at radius 2 is 1.41 bits per heavy atom. The second-order valence-corrected chi connectivity index (χ2v) is 18.0. The smallest absolute Gasteiger partial charge is 0.324 e. The zero-order valence-electron chi connectivity index (χ0n) is 35.7. The Labute approximate surface area is 374 Å². The number of rotatable bonds is 8. The summed E-state index contributed by atoms with van der Waals surface area (Å²) in [4.78, 5) is 49.5. The topological polar surface area (TPSA) is 204 Å². The minimum atomic E-state index is -1.20. The van der Waals surface area contributed by atoms with Crippen LogP contribution >= 0.6 is 22.7 Å². The number of pyridine rings is 2. The van der Waals surface area contributed by atoms with Gasteiger partial charge in [0.15, 0.2) is 33.5 Å². The molecule has 5 atom stereocenters. The van der Waals surface area contributed by atoms with Crippen molar-refractivity contribution in [3.05, 3.63) is 94.6 Å². The summed E-state index contributed by atoms with van der Waals surface area (Å²) >= 11 is 2.71. The summed E-state index contributed by atoms with van der Waals surface area (Å²) in [5, 5.41) is 44.7. The van der Waals surface area contributed by atoms with Crippen molar-refractivity contribution >= 4 is 77.1 Å². The number of amides is 4. The Morgan fingerprint density at radius 3 is 2.06 bits per heavy atom. The van der Waals surface area contributed by atoms with Gasteiger partial charge in [0, 0.05) is 80.9 Å². The van der Waals surface area contributed by atoms with Gasteiger partial charge in [0.05, 0.1) is 33.1 Å². The Kier molecular flexibility index (Phi) is 14.2. The lowest BCUT2D eigenvalue weighted by Crippen LogP contribution is -2.55. The summed E-state index contributed by atoms with van der Waals surface area (Å²) < 4.78 is 44.8. The average Bonchev–Trinajstić information content (AvgIpc) is 3.84. The van der Waals surface area contributed by atoms with Crippen molar-refractivity contribution in [2.75, 3.05) is 66.3 Å². The number of hydrogen-bond donors (Lipinski definition) is 6. The van der Waals surface area contributed by atoms with Crippen LogP contribution in [0.5, 0.6) is 0 Å². The molecule has 0 aliphatic carbocycles. The number of aliphatic hydroxyl groups is 4. The van der Waals surface area contributed by atoms with Crippen LogP contribution in [0.15, 0.2) is 54.9 Å². The van der Waals surface area contributed by atoms with Gasteiger partial charge in [-0.25, -0.2) is 42.7 Å². The molecular weight excluding hydrogens is 874 g/mol. The summed E-state index contributed by atoms with van der Waals surface area (Å²) in [5.74, 6) is -1.21. The van der Waals surface area contributed by atoms with Gasteiger partial charge in [0.2, 0.25) is 0 Å². The summed E-state index contributed by atoms with van der Waals surface area (Å²) in [6, 6.07) is 10.4. The fraction of sp³-hybridized carbons (Fsp3) is 0.395. The molecule has 21 heteroatoms. The molecule has 2 fully saturated rings. The maximum atomic E-state index is 14.7. The number of halogens is 3. The maximum Gasteiger partial charge on any atom is 0.324 e. The van der Waals surface area contributed by atoms with Crippen molar-refractivity contribution in [2.24, 2.45) is 0 Å². The molecule has 6 heterocycles. The Balaban J connectivity index is 0.000000191. The first-order chi connectivity index (χ1) is 30.5. The lowest BCUT2D eigenvalue weighted by molar-refractivity contribution is 0.0301. The predicted molar refractivity (Wildman–Crippen MR) is 241 cm³/mol. The Bertz CT molecular complexity index is 2610. The number of fused-ring (bicyclic) bond motifs is 2. The molecule has 8 rings (SSSR count). The van der Waals surface area contributed by atoms with Crippen molar-refractivity contribution in [3.8, 4) is 0 Å². The van der Waals surface area contributed by atoms with E-state index in [1.165, 1.54) is 54.1 Å². The SMILES string of the molecule is Cc1cc2sc(NC(=O)N3CCN(c4ncc([C@H](O)CO)cc4F)[C@H](C)C3)nc2cc1F.Cc1ccc2nc(NC(=O)N3CCN(c4ncc([C@H](O)[C@H](C)O)cc4F)C[C@@H]3C)sc2c1. The zero-order chi connectivity index (χ0) is 46.0. The monoisotopic (exact) mass is 922 g/mol. The highest BCUT2D eigenvalue weighted by Crippen LogP contribution is 2.31. The summed E-state index contributed by atoms with van der Waals surface area (Å²) in [7, 11) is 0. The molecule has 64 heavy (non-hydrogen) atoms. The highest BCUT2D eigenvalue weighted by molar-refractivity contribution is 7.22. The van der Waals surface area contributed by atoms with Gasteiger partial charge < -0.3 is 40.0 Å². The van der Waals surface area contributed by atoms with Crippen LogP contribution in [-0.2, 0) is 0 Å². The number of anilines is 4. The molecule has 0 spiro atoms. The molecule has 0 unspecified atom stereocenters. The molecule has 4 aromatic heterocycles. The first-order valence-corrected chi connectivity index (χ1v) is 22.2. The molecule has 340 valence electrons. The molecule has 6 N–H and O–H groups in total. The number of benzene rings is 2. The number of urea groups is 2. The van der Waals surface area contributed by atoms with Crippen LogP contribution in [0.1, 0.15) is 55.2 Å². The molecule has 16 nitrogen and oxygen atoms in total. The van der Waals surface area contributed by atoms with E-state index >= 15 is 0 Å². The second kappa shape index (κ2) is 19.6. The van der Waals surface area contributed by atoms with Crippen LogP contribution in [-0.4, -0.2) is 126 Å². The van der Waals surface area contributed by atoms with E-state index in [-0.39, 0.29) is 52.7 Å². The van der Waals surface area contributed by atoms with E-state index in [0.29, 0.717) is 60.6 Å². The number of hydrogen-bond acceptors (Lipinski definition) is 14. The highest BCUT2D eigenvalue weighted by Gasteiger charge is 2.32. The van der Waals surface area contributed by atoms with Gasteiger partial charge in [0.25, 0.3) is 0 Å². The van der Waals surface area contributed by atoms with E-state index in [2.05, 4.69) is 30.6 Å². The third kappa shape index (κ3) is 10.3. The average molecular weight is 923 g/mol. The molecule has 2 aliphatic rings. The Morgan fingerprint density at radius 1 is 0.766 bits per heavy atom. The number of piperazine rings is 2. The van der Waals surface area contributed by atoms with Crippen molar-refractivity contribution in [1.82, 2.24) is 29.7 Å². The number of carbonyl (C=O) groups is 2. The summed E-state index contributed by atoms with van der Waals surface area (Å²) in [5.41, 5.74) is 3.41. The van der Waals surface area contributed by atoms with Gasteiger partial charge in [0.1, 0.15) is 18.0 Å². The van der Waals surface area contributed by atoms with Crippen LogP contribution < -0.4 is 20.4 Å². The number of aromatic nitrogens is 4. The second-order valence-electron chi connectivity index (χ2n) is 15.9. The molecule has 0 radical (unpaired) electrons. The standard InChI is InChI=1S/C22H26FN5O3S.C21H23F2N5O3S/c1-12-4-5-17-18(8-12)32-21(25-17)26-22(31)28-7-6-27(11-13(28)2)20-16(23)9-15(10-24-20)19(30)14(3)29;1-11-5-18-16(7-14(11)22)25-20(32-18)26-21(31)27-3-4-28(12(2)9-27)19-15(23)6-13(8-24-19)17(30)10-29/h4-5,8-10,13-14,19,29-30H,6-7,11H2,1-3H3,(H,25,26,31);5-8,12,17,29-30H,3-4,9-10H2,1-2H3,(H,25,26,31)/t13-,14-,19+;12-,17-/m01/s1. The van der Waals surface area contributed by atoms with Crippen molar-refractivity contribution in [3.63, 3.8) is 0 Å². The molecule has 0 saturated carbocycles. The van der Waals surface area contributed by atoms with E-state index < -0.39 is 36.6 Å². The van der Waals surface area contributed by atoms with Crippen molar-refractivity contribution in [2.45, 2.75) is 65.0 Å². The molecule has 4 amide bonds. The van der Waals surface area contributed by atoms with Crippen LogP contribution in [0.25, 0.3) is 20.4 Å². The molecule has 2 aliphatic heterocycles. The Hall–Kier alpha value is -5.71. The number of thiazole rings is 2. The van der Waals surface area contributed by atoms with E-state index in [0.717, 1.165) is 26.5 Å². The first kappa shape index (κ1) is 46.3. The fourth-order valence-corrected chi connectivity index (χ4v) is 9.38. The van der Waals surface area contributed by atoms with Crippen molar-refractivity contribution < 1.29 is 43.2 Å². The van der Waals surface area contributed by atoms with Crippen LogP contribution in [0, 0.1) is 31.3 Å². The molecule has 2 saturated heterocycles. The lowest BCUT2D eigenvalue weighted by atomic mass is 10.1. The molecule has 0 bridgehead atoms. The summed E-state index contributed by atoms with van der Waals surface area (Å²) in [6.07, 6.45) is -0.704. The van der Waals surface area contributed by atoms with Gasteiger partial charge in [-0.15, -0.1) is 0 Å². The zero-order valence-corrected chi connectivity index (χ0v) is 37.3. The highest BCUT2D eigenvalue weighted by atomic mass is 32.1. The van der Waals surface area contributed by atoms with E-state index in [4.69, 9.17) is 5.11 Å². The van der Waals surface area contributed by atoms with Crippen LogP contribution in [0.3, 0.4) is 0 Å². The number of aliphatic hydroxyl groups excluding tert-OH is 4. The molecular formula is C43H49F3N10O6S2.